The lowest BCUT2D eigenvalue weighted by molar-refractivity contribution is 0.405. The fourth-order valence-electron chi connectivity index (χ4n) is 2.17. The first-order chi connectivity index (χ1) is 9.61. The SMILES string of the molecule is COc1ccccc1C(N)CN(C)c1ccc(F)cc1. The highest BCUT2D eigenvalue weighted by molar-refractivity contribution is 5.46. The third-order valence-corrected chi connectivity index (χ3v) is 3.28. The fraction of sp³-hybridized carbons (Fsp3) is 0.250. The highest BCUT2D eigenvalue weighted by Gasteiger charge is 2.14. The predicted molar refractivity (Wildman–Crippen MR) is 79.6 cm³/mol. The molecule has 20 heavy (non-hydrogen) atoms. The first-order valence-corrected chi connectivity index (χ1v) is 6.47. The normalized spacial score (nSPS) is 12.0. The number of para-hydroxylation sites is 1. The molecule has 0 saturated carbocycles. The van der Waals surface area contributed by atoms with Gasteiger partial charge < -0.3 is 15.4 Å². The molecule has 2 N–H and O–H groups in total. The van der Waals surface area contributed by atoms with Crippen LogP contribution in [0.25, 0.3) is 0 Å². The molecule has 0 aliphatic heterocycles. The summed E-state index contributed by atoms with van der Waals surface area (Å²) >= 11 is 0. The molecule has 106 valence electrons. The maximum Gasteiger partial charge on any atom is 0.123 e. The molecular formula is C16H19FN2O. The zero-order chi connectivity index (χ0) is 14.5. The first kappa shape index (κ1) is 14.3. The molecule has 2 aromatic carbocycles. The summed E-state index contributed by atoms with van der Waals surface area (Å²) in [5.41, 5.74) is 8.13. The van der Waals surface area contributed by atoms with Crippen molar-refractivity contribution in [1.29, 1.82) is 0 Å². The zero-order valence-corrected chi connectivity index (χ0v) is 11.7. The van der Waals surface area contributed by atoms with Crippen LogP contribution in [0.1, 0.15) is 11.6 Å². The van der Waals surface area contributed by atoms with Gasteiger partial charge in [0.05, 0.1) is 13.2 Å². The summed E-state index contributed by atoms with van der Waals surface area (Å²) in [7, 11) is 3.57. The highest BCUT2D eigenvalue weighted by atomic mass is 19.1. The van der Waals surface area contributed by atoms with Gasteiger partial charge >= 0.3 is 0 Å². The molecule has 1 atom stereocenters. The molecule has 0 aliphatic rings. The average molecular weight is 274 g/mol. The summed E-state index contributed by atoms with van der Waals surface area (Å²) in [6.45, 7) is 0.617. The second-order valence-corrected chi connectivity index (χ2v) is 4.71. The monoisotopic (exact) mass is 274 g/mol. The molecule has 2 rings (SSSR count). The summed E-state index contributed by atoms with van der Waals surface area (Å²) in [5.74, 6) is 0.545. The van der Waals surface area contributed by atoms with Gasteiger partial charge in [0.2, 0.25) is 0 Å². The zero-order valence-electron chi connectivity index (χ0n) is 11.7. The van der Waals surface area contributed by atoms with Crippen LogP contribution in [0.15, 0.2) is 48.5 Å². The molecule has 2 aromatic rings. The van der Waals surface area contributed by atoms with Gasteiger partial charge in [0.1, 0.15) is 11.6 Å². The number of hydrogen-bond donors (Lipinski definition) is 1. The molecule has 1 unspecified atom stereocenters. The van der Waals surface area contributed by atoms with E-state index in [9.17, 15) is 4.39 Å². The van der Waals surface area contributed by atoms with Crippen molar-refractivity contribution in [3.8, 4) is 5.75 Å². The molecule has 0 spiro atoms. The van der Waals surface area contributed by atoms with E-state index in [1.807, 2.05) is 36.2 Å². The Morgan fingerprint density at radius 2 is 1.80 bits per heavy atom. The molecule has 0 fully saturated rings. The van der Waals surface area contributed by atoms with Crippen molar-refractivity contribution >= 4 is 5.69 Å². The number of nitrogens with zero attached hydrogens (tertiary/aromatic N) is 1. The number of nitrogens with two attached hydrogens (primary N) is 1. The van der Waals surface area contributed by atoms with Crippen LogP contribution in [-0.4, -0.2) is 20.7 Å². The van der Waals surface area contributed by atoms with Crippen molar-refractivity contribution in [1.82, 2.24) is 0 Å². The summed E-state index contributed by atoms with van der Waals surface area (Å²) < 4.78 is 18.2. The molecule has 0 aliphatic carbocycles. The molecular weight excluding hydrogens is 255 g/mol. The van der Waals surface area contributed by atoms with Gasteiger partial charge in [-0.2, -0.15) is 0 Å². The summed E-state index contributed by atoms with van der Waals surface area (Å²) in [6, 6.07) is 13.9. The Morgan fingerprint density at radius 1 is 1.15 bits per heavy atom. The third-order valence-electron chi connectivity index (χ3n) is 3.28. The number of hydrogen-bond acceptors (Lipinski definition) is 3. The van der Waals surface area contributed by atoms with Gasteiger partial charge in [-0.1, -0.05) is 18.2 Å². The number of ether oxygens (including phenoxy) is 1. The Bertz CT molecular complexity index is 557. The van der Waals surface area contributed by atoms with Crippen LogP contribution in [0.3, 0.4) is 0 Å². The minimum Gasteiger partial charge on any atom is -0.496 e. The number of benzene rings is 2. The standard InChI is InChI=1S/C16H19FN2O/c1-19(13-9-7-12(17)8-10-13)11-15(18)14-5-3-4-6-16(14)20-2/h3-10,15H,11,18H2,1-2H3. The smallest absolute Gasteiger partial charge is 0.123 e. The molecule has 0 heterocycles. The molecule has 0 aromatic heterocycles. The van der Waals surface area contributed by atoms with E-state index >= 15 is 0 Å². The van der Waals surface area contributed by atoms with E-state index in [4.69, 9.17) is 10.5 Å². The van der Waals surface area contributed by atoms with E-state index < -0.39 is 0 Å². The van der Waals surface area contributed by atoms with Crippen LogP contribution >= 0.6 is 0 Å². The number of methoxy groups -OCH3 is 1. The fourth-order valence-corrected chi connectivity index (χ4v) is 2.17. The van der Waals surface area contributed by atoms with Crippen LogP contribution < -0.4 is 15.4 Å². The van der Waals surface area contributed by atoms with Crippen molar-refractivity contribution in [2.75, 3.05) is 25.6 Å². The average Bonchev–Trinajstić information content (AvgIpc) is 2.47. The van der Waals surface area contributed by atoms with E-state index in [1.54, 1.807) is 19.2 Å². The Hall–Kier alpha value is -2.07. The maximum atomic E-state index is 12.9. The van der Waals surface area contributed by atoms with E-state index in [1.165, 1.54) is 12.1 Å². The molecule has 0 radical (unpaired) electrons. The Morgan fingerprint density at radius 3 is 2.45 bits per heavy atom. The van der Waals surface area contributed by atoms with Gasteiger partial charge in [-0.05, 0) is 30.3 Å². The molecule has 0 saturated heterocycles. The van der Waals surface area contributed by atoms with Gasteiger partial charge in [-0.25, -0.2) is 4.39 Å². The van der Waals surface area contributed by atoms with Gasteiger partial charge in [0.25, 0.3) is 0 Å². The molecule has 4 heteroatoms. The Balaban J connectivity index is 2.10. The minimum atomic E-state index is -0.240. The van der Waals surface area contributed by atoms with Crippen LogP contribution in [0, 0.1) is 5.82 Å². The van der Waals surface area contributed by atoms with Gasteiger partial charge in [0, 0.05) is 24.8 Å². The van der Waals surface area contributed by atoms with Crippen molar-refractivity contribution in [3.63, 3.8) is 0 Å². The lowest BCUT2D eigenvalue weighted by atomic mass is 10.1. The largest absolute Gasteiger partial charge is 0.496 e. The van der Waals surface area contributed by atoms with Crippen molar-refractivity contribution in [3.05, 3.63) is 59.9 Å². The van der Waals surface area contributed by atoms with E-state index in [0.29, 0.717) is 6.54 Å². The van der Waals surface area contributed by atoms with Gasteiger partial charge in [-0.15, -0.1) is 0 Å². The second kappa shape index (κ2) is 6.39. The quantitative estimate of drug-likeness (QED) is 0.911. The third kappa shape index (κ3) is 3.27. The number of rotatable bonds is 5. The minimum absolute atomic E-state index is 0.179. The number of anilines is 1. The Labute approximate surface area is 118 Å². The lowest BCUT2D eigenvalue weighted by Crippen LogP contribution is -2.29. The topological polar surface area (TPSA) is 38.5 Å². The van der Waals surface area contributed by atoms with Crippen molar-refractivity contribution < 1.29 is 9.13 Å². The highest BCUT2D eigenvalue weighted by Crippen LogP contribution is 2.25. The lowest BCUT2D eigenvalue weighted by Gasteiger charge is -2.24. The molecule has 3 nitrogen and oxygen atoms in total. The summed E-state index contributed by atoms with van der Waals surface area (Å²) in [4.78, 5) is 2.00. The van der Waals surface area contributed by atoms with Crippen molar-refractivity contribution in [2.45, 2.75) is 6.04 Å². The first-order valence-electron chi connectivity index (χ1n) is 6.47. The van der Waals surface area contributed by atoms with Gasteiger partial charge in [-0.3, -0.25) is 0 Å². The van der Waals surface area contributed by atoms with E-state index in [2.05, 4.69) is 0 Å². The predicted octanol–water partition coefficient (Wildman–Crippen LogP) is 2.97. The van der Waals surface area contributed by atoms with Crippen LogP contribution in [0.5, 0.6) is 5.75 Å². The van der Waals surface area contributed by atoms with Crippen LogP contribution in [-0.2, 0) is 0 Å². The van der Waals surface area contributed by atoms with Crippen molar-refractivity contribution in [2.24, 2.45) is 5.73 Å². The van der Waals surface area contributed by atoms with Crippen LogP contribution in [0.2, 0.25) is 0 Å². The second-order valence-electron chi connectivity index (χ2n) is 4.71. The van der Waals surface area contributed by atoms with E-state index in [0.717, 1.165) is 17.0 Å². The summed E-state index contributed by atoms with van der Waals surface area (Å²) in [5, 5.41) is 0. The molecule has 0 amide bonds. The Kier molecular flexibility index (Phi) is 4.58. The number of likely N-dealkylation sites (N-methyl/N-ethyl adjacent to an activating group) is 1. The maximum absolute atomic E-state index is 12.9. The van der Waals surface area contributed by atoms with Crippen LogP contribution in [0.4, 0.5) is 10.1 Å². The number of halogens is 1. The molecule has 0 bridgehead atoms. The van der Waals surface area contributed by atoms with Gasteiger partial charge in [0.15, 0.2) is 0 Å². The van der Waals surface area contributed by atoms with E-state index in [-0.39, 0.29) is 11.9 Å². The summed E-state index contributed by atoms with van der Waals surface area (Å²) in [6.07, 6.45) is 0.